The first-order chi connectivity index (χ1) is 10.2. The van der Waals surface area contributed by atoms with Gasteiger partial charge in [0, 0.05) is 13.7 Å². The standard InChI is InChI=1S/C13H17N3O4S/c1-8-9-11(14-3-4-17)15-7-16-12(9)21-10(8)13(18)20-6-5-19-2/h7,17H,3-6H2,1-2H3,(H,14,15,16). The quantitative estimate of drug-likeness (QED) is 0.586. The molecule has 0 aliphatic rings. The number of aliphatic hydroxyl groups is 1. The Morgan fingerprint density at radius 3 is 2.95 bits per heavy atom. The fourth-order valence-corrected chi connectivity index (χ4v) is 2.90. The number of rotatable bonds is 7. The van der Waals surface area contributed by atoms with Crippen LogP contribution >= 0.6 is 11.3 Å². The molecule has 8 heteroatoms. The summed E-state index contributed by atoms with van der Waals surface area (Å²) in [6, 6.07) is 0. The molecule has 114 valence electrons. The van der Waals surface area contributed by atoms with Gasteiger partial charge in [0.25, 0.3) is 0 Å². The molecule has 2 heterocycles. The average Bonchev–Trinajstić information content (AvgIpc) is 2.83. The molecule has 2 rings (SSSR count). The molecule has 0 aromatic carbocycles. The molecule has 2 aromatic heterocycles. The monoisotopic (exact) mass is 311 g/mol. The van der Waals surface area contributed by atoms with Gasteiger partial charge >= 0.3 is 5.97 Å². The molecule has 0 amide bonds. The van der Waals surface area contributed by atoms with E-state index < -0.39 is 0 Å². The van der Waals surface area contributed by atoms with Crippen LogP contribution in [0.3, 0.4) is 0 Å². The highest BCUT2D eigenvalue weighted by Crippen LogP contribution is 2.33. The summed E-state index contributed by atoms with van der Waals surface area (Å²) in [6.07, 6.45) is 1.43. The molecule has 0 unspecified atom stereocenters. The van der Waals surface area contributed by atoms with Gasteiger partial charge in [-0.2, -0.15) is 0 Å². The number of aromatic nitrogens is 2. The third-order valence-corrected chi connectivity index (χ3v) is 4.02. The average molecular weight is 311 g/mol. The maximum absolute atomic E-state index is 12.1. The second-order valence-corrected chi connectivity index (χ2v) is 5.24. The molecule has 0 aliphatic heterocycles. The Bertz CT molecular complexity index is 629. The van der Waals surface area contributed by atoms with Crippen molar-refractivity contribution >= 4 is 33.3 Å². The summed E-state index contributed by atoms with van der Waals surface area (Å²) in [4.78, 5) is 21.6. The van der Waals surface area contributed by atoms with Gasteiger partial charge in [-0.3, -0.25) is 0 Å². The molecule has 21 heavy (non-hydrogen) atoms. The molecule has 0 atom stereocenters. The van der Waals surface area contributed by atoms with Crippen LogP contribution in [0.1, 0.15) is 15.2 Å². The van der Waals surface area contributed by atoms with Gasteiger partial charge in [0.05, 0.1) is 18.6 Å². The molecule has 0 aliphatic carbocycles. The van der Waals surface area contributed by atoms with Gasteiger partial charge in [-0.15, -0.1) is 11.3 Å². The third-order valence-electron chi connectivity index (χ3n) is 2.84. The fourth-order valence-electron chi connectivity index (χ4n) is 1.86. The van der Waals surface area contributed by atoms with Crippen LogP contribution in [0, 0.1) is 6.92 Å². The van der Waals surface area contributed by atoms with Gasteiger partial charge in [-0.25, -0.2) is 14.8 Å². The van der Waals surface area contributed by atoms with Crippen LogP contribution in [0.15, 0.2) is 6.33 Å². The molecular formula is C13H17N3O4S. The molecule has 0 saturated carbocycles. The molecule has 0 bridgehead atoms. The van der Waals surface area contributed by atoms with E-state index in [2.05, 4.69) is 15.3 Å². The second-order valence-electron chi connectivity index (χ2n) is 4.24. The third kappa shape index (κ3) is 3.46. The Labute approximate surface area is 125 Å². The summed E-state index contributed by atoms with van der Waals surface area (Å²) >= 11 is 1.27. The number of esters is 1. The highest BCUT2D eigenvalue weighted by Gasteiger charge is 2.20. The maximum atomic E-state index is 12.1. The van der Waals surface area contributed by atoms with E-state index in [9.17, 15) is 4.79 Å². The van der Waals surface area contributed by atoms with Crippen molar-refractivity contribution in [2.75, 3.05) is 38.8 Å². The lowest BCUT2D eigenvalue weighted by atomic mass is 10.2. The number of aliphatic hydroxyl groups excluding tert-OH is 1. The maximum Gasteiger partial charge on any atom is 0.348 e. The van der Waals surface area contributed by atoms with Crippen molar-refractivity contribution in [2.24, 2.45) is 0 Å². The number of nitrogens with zero attached hydrogens (tertiary/aromatic N) is 2. The number of thiophene rings is 1. The van der Waals surface area contributed by atoms with Crippen LogP contribution in [0.2, 0.25) is 0 Å². The lowest BCUT2D eigenvalue weighted by molar-refractivity contribution is 0.0393. The summed E-state index contributed by atoms with van der Waals surface area (Å²) in [7, 11) is 1.55. The van der Waals surface area contributed by atoms with Crippen LogP contribution in [-0.2, 0) is 9.47 Å². The second kappa shape index (κ2) is 7.30. The van der Waals surface area contributed by atoms with Crippen molar-refractivity contribution in [2.45, 2.75) is 6.92 Å². The predicted molar refractivity (Wildman–Crippen MR) is 79.9 cm³/mol. The van der Waals surface area contributed by atoms with Gasteiger partial charge < -0.3 is 19.9 Å². The highest BCUT2D eigenvalue weighted by molar-refractivity contribution is 7.20. The number of fused-ring (bicyclic) bond motifs is 1. The van der Waals surface area contributed by atoms with E-state index in [1.165, 1.54) is 17.7 Å². The van der Waals surface area contributed by atoms with Crippen LogP contribution in [0.25, 0.3) is 10.2 Å². The van der Waals surface area contributed by atoms with Crippen LogP contribution in [0.4, 0.5) is 5.82 Å². The van der Waals surface area contributed by atoms with Gasteiger partial charge in [-0.05, 0) is 12.5 Å². The number of nitrogens with one attached hydrogen (secondary N) is 1. The Balaban J connectivity index is 2.30. The normalized spacial score (nSPS) is 10.8. The number of anilines is 1. The number of carbonyl (C=O) groups excluding carboxylic acids is 1. The minimum atomic E-state index is -0.388. The number of carbonyl (C=O) groups is 1. The summed E-state index contributed by atoms with van der Waals surface area (Å²) < 4.78 is 9.99. The van der Waals surface area contributed by atoms with E-state index in [0.717, 1.165) is 10.9 Å². The van der Waals surface area contributed by atoms with Crippen LogP contribution < -0.4 is 5.32 Å². The van der Waals surface area contributed by atoms with E-state index in [1.807, 2.05) is 6.92 Å². The number of methoxy groups -OCH3 is 1. The number of hydrogen-bond acceptors (Lipinski definition) is 8. The first kappa shape index (κ1) is 15.6. The molecule has 0 fully saturated rings. The number of aryl methyl sites for hydroxylation is 1. The van der Waals surface area contributed by atoms with Gasteiger partial charge in [0.1, 0.15) is 28.5 Å². The first-order valence-electron chi connectivity index (χ1n) is 6.44. The predicted octanol–water partition coefficient (Wildman–Crippen LogP) is 1.21. The lowest BCUT2D eigenvalue weighted by Gasteiger charge is -2.05. The van der Waals surface area contributed by atoms with Crippen molar-refractivity contribution in [3.05, 3.63) is 16.8 Å². The topological polar surface area (TPSA) is 93.6 Å². The summed E-state index contributed by atoms with van der Waals surface area (Å²) in [6.45, 7) is 2.79. The van der Waals surface area contributed by atoms with Crippen molar-refractivity contribution in [1.82, 2.24) is 9.97 Å². The SMILES string of the molecule is COCCOC(=O)c1sc2ncnc(NCCO)c2c1C. The molecule has 2 N–H and O–H groups in total. The minimum Gasteiger partial charge on any atom is -0.459 e. The summed E-state index contributed by atoms with van der Waals surface area (Å²) in [5.74, 6) is 0.222. The molecule has 2 aromatic rings. The van der Waals surface area contributed by atoms with Gasteiger partial charge in [0.15, 0.2) is 0 Å². The summed E-state index contributed by atoms with van der Waals surface area (Å²) in [5.41, 5.74) is 0.776. The molecule has 0 spiro atoms. The number of ether oxygens (including phenoxy) is 2. The first-order valence-corrected chi connectivity index (χ1v) is 7.25. The van der Waals surface area contributed by atoms with E-state index in [1.54, 1.807) is 7.11 Å². The Kier molecular flexibility index (Phi) is 5.43. The summed E-state index contributed by atoms with van der Waals surface area (Å²) in [5, 5.41) is 12.7. The van der Waals surface area contributed by atoms with E-state index in [-0.39, 0.29) is 19.2 Å². The van der Waals surface area contributed by atoms with Crippen molar-refractivity contribution in [3.63, 3.8) is 0 Å². The van der Waals surface area contributed by atoms with Crippen molar-refractivity contribution in [1.29, 1.82) is 0 Å². The van der Waals surface area contributed by atoms with E-state index >= 15 is 0 Å². The van der Waals surface area contributed by atoms with Crippen molar-refractivity contribution in [3.8, 4) is 0 Å². The van der Waals surface area contributed by atoms with Crippen LogP contribution in [-0.4, -0.2) is 54.5 Å². The lowest BCUT2D eigenvalue weighted by Crippen LogP contribution is -2.10. The minimum absolute atomic E-state index is 0.000593. The molecule has 7 nitrogen and oxygen atoms in total. The van der Waals surface area contributed by atoms with Gasteiger partial charge in [0.2, 0.25) is 0 Å². The zero-order valence-electron chi connectivity index (χ0n) is 11.9. The zero-order valence-corrected chi connectivity index (χ0v) is 12.7. The van der Waals surface area contributed by atoms with Crippen LogP contribution in [0.5, 0.6) is 0 Å². The molecular weight excluding hydrogens is 294 g/mol. The highest BCUT2D eigenvalue weighted by atomic mass is 32.1. The van der Waals surface area contributed by atoms with E-state index in [4.69, 9.17) is 14.6 Å². The van der Waals surface area contributed by atoms with Gasteiger partial charge in [-0.1, -0.05) is 0 Å². The smallest absolute Gasteiger partial charge is 0.348 e. The molecule has 0 radical (unpaired) electrons. The largest absolute Gasteiger partial charge is 0.459 e. The van der Waals surface area contributed by atoms with Crippen molar-refractivity contribution < 1.29 is 19.4 Å². The fraction of sp³-hybridized carbons (Fsp3) is 0.462. The van der Waals surface area contributed by atoms with E-state index in [0.29, 0.717) is 28.7 Å². The molecule has 0 saturated heterocycles. The Hall–Kier alpha value is -1.77. The number of hydrogen-bond donors (Lipinski definition) is 2. The Morgan fingerprint density at radius 2 is 2.24 bits per heavy atom. The zero-order chi connectivity index (χ0) is 15.2. The Morgan fingerprint density at radius 1 is 1.43 bits per heavy atom.